The van der Waals surface area contributed by atoms with Gasteiger partial charge in [-0.25, -0.2) is 0 Å². The molecular weight excluding hydrogens is 396 g/mol. The summed E-state index contributed by atoms with van der Waals surface area (Å²) in [6.45, 7) is 3.86. The van der Waals surface area contributed by atoms with E-state index in [4.69, 9.17) is 4.74 Å². The van der Waals surface area contributed by atoms with E-state index in [0.717, 1.165) is 16.1 Å². The van der Waals surface area contributed by atoms with E-state index in [-0.39, 0.29) is 17.1 Å². The molecule has 30 heavy (non-hydrogen) atoms. The first kappa shape index (κ1) is 21.5. The quantitative estimate of drug-likeness (QED) is 0.504. The van der Waals surface area contributed by atoms with Crippen molar-refractivity contribution in [2.45, 2.75) is 24.0 Å². The number of methoxy groups -OCH3 is 1. The van der Waals surface area contributed by atoms with Gasteiger partial charge in [0.25, 0.3) is 5.91 Å². The second-order valence-electron chi connectivity index (χ2n) is 6.83. The first-order valence-corrected chi connectivity index (χ1v) is 10.4. The van der Waals surface area contributed by atoms with Gasteiger partial charge in [0.05, 0.1) is 12.4 Å². The lowest BCUT2D eigenvalue weighted by molar-refractivity contribution is -0.115. The molecule has 0 aliphatic carbocycles. The van der Waals surface area contributed by atoms with Crippen LogP contribution < -0.4 is 15.4 Å². The summed E-state index contributed by atoms with van der Waals surface area (Å²) in [6, 6.07) is 22.1. The Morgan fingerprint density at radius 3 is 2.33 bits per heavy atom. The molecule has 6 heteroatoms. The highest BCUT2D eigenvalue weighted by molar-refractivity contribution is 8.00. The third kappa shape index (κ3) is 5.87. The number of benzene rings is 3. The zero-order chi connectivity index (χ0) is 21.5. The van der Waals surface area contributed by atoms with Gasteiger partial charge in [0.15, 0.2) is 0 Å². The molecule has 0 saturated heterocycles. The van der Waals surface area contributed by atoms with E-state index in [9.17, 15) is 9.59 Å². The molecule has 0 spiro atoms. The van der Waals surface area contributed by atoms with Crippen molar-refractivity contribution in [3.63, 3.8) is 0 Å². The van der Waals surface area contributed by atoms with E-state index in [1.165, 1.54) is 11.8 Å². The van der Waals surface area contributed by atoms with Crippen LogP contribution in [0.25, 0.3) is 0 Å². The van der Waals surface area contributed by atoms with Crippen molar-refractivity contribution < 1.29 is 14.3 Å². The number of thioether (sulfide) groups is 1. The maximum Gasteiger partial charge on any atom is 0.255 e. The Balaban J connectivity index is 1.57. The first-order chi connectivity index (χ1) is 14.4. The fourth-order valence-corrected chi connectivity index (χ4v) is 3.68. The molecule has 1 unspecified atom stereocenters. The minimum Gasteiger partial charge on any atom is -0.497 e. The first-order valence-electron chi connectivity index (χ1n) is 9.54. The summed E-state index contributed by atoms with van der Waals surface area (Å²) >= 11 is 1.46. The summed E-state index contributed by atoms with van der Waals surface area (Å²) in [7, 11) is 1.57. The minimum absolute atomic E-state index is 0.0546. The number of nitrogens with one attached hydrogen (secondary N) is 2. The molecule has 0 bridgehead atoms. The van der Waals surface area contributed by atoms with Gasteiger partial charge in [-0.2, -0.15) is 0 Å². The Hall–Kier alpha value is -3.25. The topological polar surface area (TPSA) is 67.4 Å². The molecule has 2 N–H and O–H groups in total. The van der Waals surface area contributed by atoms with Gasteiger partial charge >= 0.3 is 0 Å². The maximum atomic E-state index is 12.5. The molecule has 5 nitrogen and oxygen atoms in total. The average molecular weight is 421 g/mol. The molecule has 154 valence electrons. The summed E-state index contributed by atoms with van der Waals surface area (Å²) in [4.78, 5) is 25.8. The highest BCUT2D eigenvalue weighted by atomic mass is 32.2. The fourth-order valence-electron chi connectivity index (χ4n) is 2.81. The van der Waals surface area contributed by atoms with Gasteiger partial charge in [0, 0.05) is 21.8 Å². The van der Waals surface area contributed by atoms with Crippen LogP contribution in [0.4, 0.5) is 11.4 Å². The maximum absolute atomic E-state index is 12.5. The number of rotatable bonds is 7. The van der Waals surface area contributed by atoms with Crippen LogP contribution in [0.3, 0.4) is 0 Å². The molecular formula is C24H24N2O3S. The number of aryl methyl sites for hydroxylation is 1. The molecule has 1 atom stereocenters. The van der Waals surface area contributed by atoms with E-state index < -0.39 is 0 Å². The standard InChI is InChI=1S/C24H24N2O3S/c1-16-6-4-8-20(14-16)26-23(27)17(2)30-22-12-10-19(11-13-22)25-24(28)18-7-5-9-21(15-18)29-3/h4-15,17H,1-3H3,(H,25,28)(H,26,27). The Bertz CT molecular complexity index is 1030. The van der Waals surface area contributed by atoms with Crippen molar-refractivity contribution in [2.24, 2.45) is 0 Å². The smallest absolute Gasteiger partial charge is 0.255 e. The normalized spacial score (nSPS) is 11.4. The monoisotopic (exact) mass is 420 g/mol. The lowest BCUT2D eigenvalue weighted by atomic mass is 10.2. The van der Waals surface area contributed by atoms with E-state index in [2.05, 4.69) is 10.6 Å². The van der Waals surface area contributed by atoms with Gasteiger partial charge < -0.3 is 15.4 Å². The highest BCUT2D eigenvalue weighted by Gasteiger charge is 2.15. The number of anilines is 2. The van der Waals surface area contributed by atoms with Crippen LogP contribution in [0.5, 0.6) is 5.75 Å². The number of carbonyl (C=O) groups excluding carboxylic acids is 2. The third-order valence-corrected chi connectivity index (χ3v) is 5.52. The molecule has 0 aromatic heterocycles. The van der Waals surface area contributed by atoms with Crippen LogP contribution in [-0.2, 0) is 4.79 Å². The second kappa shape index (κ2) is 9.98. The average Bonchev–Trinajstić information content (AvgIpc) is 2.75. The Morgan fingerprint density at radius 1 is 0.900 bits per heavy atom. The molecule has 3 aromatic rings. The number of ether oxygens (including phenoxy) is 1. The zero-order valence-corrected chi connectivity index (χ0v) is 18.0. The van der Waals surface area contributed by atoms with E-state index in [1.807, 2.05) is 62.4 Å². The summed E-state index contributed by atoms with van der Waals surface area (Å²) in [5.74, 6) is 0.369. The van der Waals surface area contributed by atoms with Crippen LogP contribution in [0.1, 0.15) is 22.8 Å². The molecule has 0 aliphatic heterocycles. The number of carbonyl (C=O) groups is 2. The Morgan fingerprint density at radius 2 is 1.63 bits per heavy atom. The molecule has 3 aromatic carbocycles. The van der Waals surface area contributed by atoms with Crippen LogP contribution >= 0.6 is 11.8 Å². The van der Waals surface area contributed by atoms with Gasteiger partial charge in [-0.3, -0.25) is 9.59 Å². The van der Waals surface area contributed by atoms with Crippen molar-refractivity contribution >= 4 is 35.0 Å². The summed E-state index contributed by atoms with van der Waals surface area (Å²) in [6.07, 6.45) is 0. The Labute approximate surface area is 180 Å². The zero-order valence-electron chi connectivity index (χ0n) is 17.1. The number of hydrogen-bond donors (Lipinski definition) is 2. The SMILES string of the molecule is COc1cccc(C(=O)Nc2ccc(SC(C)C(=O)Nc3cccc(C)c3)cc2)c1. The molecule has 0 heterocycles. The lowest BCUT2D eigenvalue weighted by Gasteiger charge is -2.13. The van der Waals surface area contributed by atoms with Gasteiger partial charge in [-0.15, -0.1) is 11.8 Å². The molecule has 0 saturated carbocycles. The molecule has 2 amide bonds. The summed E-state index contributed by atoms with van der Waals surface area (Å²) < 4.78 is 5.15. The molecule has 0 radical (unpaired) electrons. The molecule has 3 rings (SSSR count). The predicted molar refractivity (Wildman–Crippen MR) is 123 cm³/mol. The van der Waals surface area contributed by atoms with E-state index in [0.29, 0.717) is 17.0 Å². The van der Waals surface area contributed by atoms with Crippen LogP contribution in [0.2, 0.25) is 0 Å². The molecule has 0 aliphatic rings. The van der Waals surface area contributed by atoms with E-state index in [1.54, 1.807) is 31.4 Å². The largest absolute Gasteiger partial charge is 0.497 e. The van der Waals surface area contributed by atoms with Crippen molar-refractivity contribution in [3.8, 4) is 5.75 Å². The fraction of sp³-hybridized carbons (Fsp3) is 0.167. The third-order valence-electron chi connectivity index (χ3n) is 4.41. The van der Waals surface area contributed by atoms with Gasteiger partial charge in [0.1, 0.15) is 5.75 Å². The van der Waals surface area contributed by atoms with Crippen molar-refractivity contribution in [3.05, 3.63) is 83.9 Å². The highest BCUT2D eigenvalue weighted by Crippen LogP contribution is 2.26. The second-order valence-corrected chi connectivity index (χ2v) is 8.24. The van der Waals surface area contributed by atoms with E-state index >= 15 is 0 Å². The van der Waals surface area contributed by atoms with Crippen LogP contribution in [0, 0.1) is 6.92 Å². The summed E-state index contributed by atoms with van der Waals surface area (Å²) in [5, 5.41) is 5.55. The van der Waals surface area contributed by atoms with Crippen molar-refractivity contribution in [1.82, 2.24) is 0 Å². The minimum atomic E-state index is -0.261. The van der Waals surface area contributed by atoms with Crippen LogP contribution in [0.15, 0.2) is 77.7 Å². The predicted octanol–water partition coefficient (Wildman–Crippen LogP) is 5.38. The van der Waals surface area contributed by atoms with Crippen molar-refractivity contribution in [2.75, 3.05) is 17.7 Å². The number of amides is 2. The molecule has 0 fully saturated rings. The summed E-state index contributed by atoms with van der Waals surface area (Å²) in [5.41, 5.74) is 3.10. The Kier molecular flexibility index (Phi) is 7.14. The van der Waals surface area contributed by atoms with Crippen LogP contribution in [-0.4, -0.2) is 24.2 Å². The van der Waals surface area contributed by atoms with Gasteiger partial charge in [-0.1, -0.05) is 18.2 Å². The van der Waals surface area contributed by atoms with Gasteiger partial charge in [0.2, 0.25) is 5.91 Å². The van der Waals surface area contributed by atoms with Gasteiger partial charge in [-0.05, 0) is 74.0 Å². The lowest BCUT2D eigenvalue weighted by Crippen LogP contribution is -2.22. The number of hydrogen-bond acceptors (Lipinski definition) is 4. The van der Waals surface area contributed by atoms with Crippen molar-refractivity contribution in [1.29, 1.82) is 0 Å².